The highest BCUT2D eigenvalue weighted by atomic mass is 32.1. The van der Waals surface area contributed by atoms with E-state index in [1.54, 1.807) is 6.92 Å². The van der Waals surface area contributed by atoms with Crippen molar-refractivity contribution >= 4 is 12.6 Å². The normalized spacial score (nSPS) is 17.1. The molecular formula is C8H17FS. The Morgan fingerprint density at radius 1 is 1.20 bits per heavy atom. The quantitative estimate of drug-likeness (QED) is 0.596. The number of halogens is 1. The molecule has 62 valence electrons. The molecule has 2 heteroatoms. The van der Waals surface area contributed by atoms with Crippen molar-refractivity contribution in [1.82, 2.24) is 0 Å². The van der Waals surface area contributed by atoms with E-state index in [1.807, 2.05) is 27.7 Å². The molecule has 0 aliphatic heterocycles. The van der Waals surface area contributed by atoms with Crippen LogP contribution in [0.15, 0.2) is 0 Å². The van der Waals surface area contributed by atoms with Gasteiger partial charge in [0.1, 0.15) is 6.17 Å². The SMILES string of the molecule is CC(F)C(C)(C)C(C)(C)S. The van der Waals surface area contributed by atoms with E-state index < -0.39 is 6.17 Å². The maximum Gasteiger partial charge on any atom is 0.104 e. The van der Waals surface area contributed by atoms with E-state index >= 15 is 0 Å². The molecule has 0 fully saturated rings. The lowest BCUT2D eigenvalue weighted by atomic mass is 9.77. The van der Waals surface area contributed by atoms with Crippen molar-refractivity contribution in [2.24, 2.45) is 5.41 Å². The van der Waals surface area contributed by atoms with E-state index in [1.165, 1.54) is 0 Å². The number of hydrogen-bond acceptors (Lipinski definition) is 1. The second-order valence-electron chi connectivity index (χ2n) is 3.90. The maximum absolute atomic E-state index is 12.9. The van der Waals surface area contributed by atoms with E-state index in [0.717, 1.165) is 0 Å². The first-order valence-electron chi connectivity index (χ1n) is 3.56. The standard InChI is InChI=1S/C8H17FS/c1-6(9)7(2,3)8(4,5)10/h6,10H,1-5H3. The fraction of sp³-hybridized carbons (Fsp3) is 1.00. The Morgan fingerprint density at radius 2 is 1.50 bits per heavy atom. The summed E-state index contributed by atoms with van der Waals surface area (Å²) in [5, 5.41) is 0. The van der Waals surface area contributed by atoms with Gasteiger partial charge in [-0.3, -0.25) is 0 Å². The average Bonchev–Trinajstić information content (AvgIpc) is 1.62. The fourth-order valence-corrected chi connectivity index (χ4v) is 0.665. The summed E-state index contributed by atoms with van der Waals surface area (Å²) >= 11 is 4.33. The maximum atomic E-state index is 12.9. The molecule has 1 atom stereocenters. The first-order chi connectivity index (χ1) is 4.19. The molecule has 0 saturated heterocycles. The van der Waals surface area contributed by atoms with Crippen LogP contribution >= 0.6 is 12.6 Å². The summed E-state index contributed by atoms with van der Waals surface area (Å²) in [6, 6.07) is 0. The molecule has 0 saturated carbocycles. The van der Waals surface area contributed by atoms with Gasteiger partial charge in [0.25, 0.3) is 0 Å². The molecule has 0 aromatic rings. The van der Waals surface area contributed by atoms with Crippen LogP contribution in [-0.2, 0) is 0 Å². The highest BCUT2D eigenvalue weighted by molar-refractivity contribution is 7.81. The zero-order valence-corrected chi connectivity index (χ0v) is 8.30. The number of alkyl halides is 1. The van der Waals surface area contributed by atoms with Gasteiger partial charge in [-0.1, -0.05) is 27.7 Å². The first-order valence-corrected chi connectivity index (χ1v) is 4.01. The predicted molar refractivity (Wildman–Crippen MR) is 47.4 cm³/mol. The van der Waals surface area contributed by atoms with Gasteiger partial charge in [0.15, 0.2) is 0 Å². The van der Waals surface area contributed by atoms with Crippen molar-refractivity contribution in [2.45, 2.75) is 45.5 Å². The molecule has 0 aromatic heterocycles. The van der Waals surface area contributed by atoms with Gasteiger partial charge >= 0.3 is 0 Å². The summed E-state index contributed by atoms with van der Waals surface area (Å²) in [5.41, 5.74) is -0.365. The minimum atomic E-state index is -0.819. The largest absolute Gasteiger partial charge is 0.247 e. The lowest BCUT2D eigenvalue weighted by molar-refractivity contribution is 0.126. The zero-order valence-electron chi connectivity index (χ0n) is 7.40. The highest BCUT2D eigenvalue weighted by Crippen LogP contribution is 2.39. The third kappa shape index (κ3) is 1.88. The van der Waals surface area contributed by atoms with Crippen LogP contribution < -0.4 is 0 Å². The van der Waals surface area contributed by atoms with E-state index in [9.17, 15) is 4.39 Å². The summed E-state index contributed by atoms with van der Waals surface area (Å²) in [5.74, 6) is 0. The molecule has 0 N–H and O–H groups in total. The smallest absolute Gasteiger partial charge is 0.104 e. The third-order valence-electron chi connectivity index (χ3n) is 2.57. The van der Waals surface area contributed by atoms with Gasteiger partial charge in [-0.2, -0.15) is 12.6 Å². The third-order valence-corrected chi connectivity index (χ3v) is 3.15. The van der Waals surface area contributed by atoms with Crippen molar-refractivity contribution in [1.29, 1.82) is 0 Å². The van der Waals surface area contributed by atoms with Crippen LogP contribution in [0.1, 0.15) is 34.6 Å². The van der Waals surface area contributed by atoms with Crippen molar-refractivity contribution in [2.75, 3.05) is 0 Å². The summed E-state index contributed by atoms with van der Waals surface area (Å²) in [6.07, 6.45) is -0.819. The molecule has 0 rings (SSSR count). The van der Waals surface area contributed by atoms with Crippen LogP contribution in [0.5, 0.6) is 0 Å². The molecule has 0 spiro atoms. The van der Waals surface area contributed by atoms with Crippen molar-refractivity contribution in [3.05, 3.63) is 0 Å². The Kier molecular flexibility index (Phi) is 2.80. The Morgan fingerprint density at radius 3 is 1.50 bits per heavy atom. The molecule has 10 heavy (non-hydrogen) atoms. The molecule has 0 amide bonds. The van der Waals surface area contributed by atoms with E-state index in [2.05, 4.69) is 12.6 Å². The molecule has 0 radical (unpaired) electrons. The minimum Gasteiger partial charge on any atom is -0.247 e. The van der Waals surface area contributed by atoms with Crippen LogP contribution in [0.25, 0.3) is 0 Å². The minimum absolute atomic E-state index is 0.263. The van der Waals surface area contributed by atoms with E-state index in [0.29, 0.717) is 0 Å². The van der Waals surface area contributed by atoms with Crippen molar-refractivity contribution in [3.8, 4) is 0 Å². The number of rotatable bonds is 2. The molecule has 0 bridgehead atoms. The van der Waals surface area contributed by atoms with Gasteiger partial charge < -0.3 is 0 Å². The fourth-order valence-electron chi connectivity index (χ4n) is 0.487. The van der Waals surface area contributed by atoms with Gasteiger partial charge in [-0.05, 0) is 6.92 Å². The van der Waals surface area contributed by atoms with Gasteiger partial charge in [0, 0.05) is 10.2 Å². The highest BCUT2D eigenvalue weighted by Gasteiger charge is 2.38. The first kappa shape index (κ1) is 10.3. The molecule has 1 unspecified atom stereocenters. The van der Waals surface area contributed by atoms with Crippen LogP contribution in [0, 0.1) is 5.41 Å². The van der Waals surface area contributed by atoms with Gasteiger partial charge in [0.2, 0.25) is 0 Å². The van der Waals surface area contributed by atoms with Crippen molar-refractivity contribution in [3.63, 3.8) is 0 Å². The second-order valence-corrected chi connectivity index (χ2v) is 5.01. The molecule has 0 aromatic carbocycles. The van der Waals surface area contributed by atoms with Crippen LogP contribution in [0.2, 0.25) is 0 Å². The molecular weight excluding hydrogens is 147 g/mol. The molecule has 0 aliphatic carbocycles. The molecule has 0 heterocycles. The summed E-state index contributed by atoms with van der Waals surface area (Å²) in [7, 11) is 0. The Labute approximate surface area is 68.6 Å². The second kappa shape index (κ2) is 2.72. The van der Waals surface area contributed by atoms with Crippen LogP contribution in [0.3, 0.4) is 0 Å². The molecule has 0 aliphatic rings. The number of thiol groups is 1. The van der Waals surface area contributed by atoms with Crippen LogP contribution in [0.4, 0.5) is 4.39 Å². The zero-order chi connectivity index (χ0) is 8.58. The Hall–Kier alpha value is 0.280. The van der Waals surface area contributed by atoms with Gasteiger partial charge in [0.05, 0.1) is 0 Å². The number of hydrogen-bond donors (Lipinski definition) is 1. The predicted octanol–water partition coefficient (Wildman–Crippen LogP) is 3.08. The topological polar surface area (TPSA) is 0 Å². The summed E-state index contributed by atoms with van der Waals surface area (Å²) < 4.78 is 12.7. The van der Waals surface area contributed by atoms with E-state index in [-0.39, 0.29) is 10.2 Å². The van der Waals surface area contributed by atoms with Crippen molar-refractivity contribution < 1.29 is 4.39 Å². The average molecular weight is 164 g/mol. The van der Waals surface area contributed by atoms with Gasteiger partial charge in [-0.25, -0.2) is 4.39 Å². The van der Waals surface area contributed by atoms with Crippen LogP contribution in [-0.4, -0.2) is 10.9 Å². The lowest BCUT2D eigenvalue weighted by Gasteiger charge is -2.39. The summed E-state index contributed by atoms with van der Waals surface area (Å²) in [4.78, 5) is 0. The lowest BCUT2D eigenvalue weighted by Crippen LogP contribution is -2.40. The monoisotopic (exact) mass is 164 g/mol. The van der Waals surface area contributed by atoms with Gasteiger partial charge in [-0.15, -0.1) is 0 Å². The molecule has 0 nitrogen and oxygen atoms in total. The Balaban J connectivity index is 4.40. The summed E-state index contributed by atoms with van der Waals surface area (Å²) in [6.45, 7) is 9.24. The van der Waals surface area contributed by atoms with E-state index in [4.69, 9.17) is 0 Å². The Bertz CT molecular complexity index is 111.